The number of phenolic OH excluding ortho intramolecular Hbond substituents is 4. The molecule has 0 aliphatic carbocycles. The Morgan fingerprint density at radius 1 is 0.652 bits per heavy atom. The van der Waals surface area contributed by atoms with Crippen LogP contribution < -0.4 is 9.47 Å². The number of aliphatic hydroxyl groups is 8. The molecule has 5 unspecified atom stereocenters. The minimum atomic E-state index is -2.04. The van der Waals surface area contributed by atoms with Crippen molar-refractivity contribution >= 4 is 35.0 Å². The van der Waals surface area contributed by atoms with Crippen molar-refractivity contribution in [2.45, 2.75) is 92.4 Å². The number of esters is 2. The minimum absolute atomic E-state index is 0.0159. The highest BCUT2D eigenvalue weighted by Crippen LogP contribution is 2.44. The molecule has 25 heteroatoms. The van der Waals surface area contributed by atoms with Crippen LogP contribution in [-0.2, 0) is 42.8 Å². The van der Waals surface area contributed by atoms with E-state index in [0.29, 0.717) is 5.56 Å². The van der Waals surface area contributed by atoms with Crippen LogP contribution in [-0.4, -0.2) is 190 Å². The quantitative estimate of drug-likeness (QED) is 0.0208. The number of aliphatic carboxylic acids is 1. The number of phenols is 4. The van der Waals surface area contributed by atoms with Crippen molar-refractivity contribution in [1.29, 1.82) is 0 Å². The van der Waals surface area contributed by atoms with Gasteiger partial charge in [0.05, 0.1) is 18.2 Å². The van der Waals surface area contributed by atoms with Gasteiger partial charge in [-0.05, 0) is 35.9 Å². The molecule has 14 atom stereocenters. The lowest BCUT2D eigenvalue weighted by molar-refractivity contribution is -0.345. The van der Waals surface area contributed by atoms with Gasteiger partial charge in [-0.25, -0.2) is 9.21 Å². The maximum atomic E-state index is 12.8. The number of carbonyl (C=O) groups is 3. The molecule has 1 aromatic heterocycles. The summed E-state index contributed by atoms with van der Waals surface area (Å²) in [5, 5.41) is 136. The molecule has 0 radical (unpaired) electrons. The third kappa shape index (κ3) is 11.7. The summed E-state index contributed by atoms with van der Waals surface area (Å²) < 4.78 is 51.5. The normalized spacial score (nSPS) is 30.4. The number of fused-ring (bicyclic) bond motifs is 1. The number of hydrogen-bond acceptors (Lipinski definition) is 23. The lowest BCUT2D eigenvalue weighted by Gasteiger charge is -2.44. The van der Waals surface area contributed by atoms with Crippen molar-refractivity contribution in [2.75, 3.05) is 19.8 Å². The summed E-state index contributed by atoms with van der Waals surface area (Å²) in [7, 11) is 0. The zero-order valence-electron chi connectivity index (χ0n) is 35.6. The molecule has 4 aromatic rings. The number of rotatable bonds is 15. The van der Waals surface area contributed by atoms with Gasteiger partial charge in [0.1, 0.15) is 103 Å². The van der Waals surface area contributed by atoms with Crippen molar-refractivity contribution in [1.82, 2.24) is 0 Å². The molecule has 3 aliphatic rings. The van der Waals surface area contributed by atoms with Crippen LogP contribution in [0.4, 0.5) is 0 Å². The molecule has 372 valence electrons. The molecule has 4 heterocycles. The lowest BCUT2D eigenvalue weighted by atomic mass is 9.98. The maximum Gasteiger partial charge on any atom is 0.402 e. The molecule has 3 aliphatic heterocycles. The molecule has 13 N–H and O–H groups in total. The Bertz CT molecular complexity index is 2500. The molecular formula is C44H47O25+. The van der Waals surface area contributed by atoms with E-state index in [1.165, 1.54) is 42.5 Å². The number of benzene rings is 3. The standard InChI is InChI=1S/C44H46O25/c45-19-5-1-17(2-6-19)3-8-31(52)61-15-29-35(56)37(58)41(69-42-38(59)33(54)24(49)14-63-42)44(68-29)66-27-12-21-25(64-40(27)18-4-7-22(47)23(48)9-18)10-20(46)11-26(21)65-43-39(60)36(57)34(55)28(67-43)16-62-32(53)13-30(50)51/h1-12,24,28-29,33-39,41-44,49,54-60H,13-16H2,(H4-,45,46,47,48,50,51,52)/p+1/t24-,28?,29?,33-,34-,35-,36?,37?,38?,39+,41+,42+,43-,44-/m1/s1. The van der Waals surface area contributed by atoms with Crippen molar-refractivity contribution in [3.8, 4) is 45.8 Å². The van der Waals surface area contributed by atoms with E-state index in [4.69, 9.17) is 47.4 Å². The summed E-state index contributed by atoms with van der Waals surface area (Å²) in [6.07, 6.45) is -24.6. The number of aliphatic hydroxyl groups excluding tert-OH is 8. The fourth-order valence-corrected chi connectivity index (χ4v) is 7.27. The smallest absolute Gasteiger partial charge is 0.402 e. The van der Waals surface area contributed by atoms with Crippen LogP contribution in [0, 0.1) is 0 Å². The maximum absolute atomic E-state index is 12.8. The largest absolute Gasteiger partial charge is 0.508 e. The van der Waals surface area contributed by atoms with Crippen molar-refractivity contribution in [3.05, 3.63) is 72.3 Å². The second kappa shape index (κ2) is 21.5. The summed E-state index contributed by atoms with van der Waals surface area (Å²) in [6.45, 7) is -2.10. The molecular weight excluding hydrogens is 928 g/mol. The molecule has 7 rings (SSSR count). The first-order valence-electron chi connectivity index (χ1n) is 20.8. The van der Waals surface area contributed by atoms with Crippen molar-refractivity contribution in [2.24, 2.45) is 0 Å². The second-order valence-electron chi connectivity index (χ2n) is 15.9. The first kappa shape index (κ1) is 50.4. The number of carbonyl (C=O) groups excluding carboxylic acids is 2. The molecule has 0 amide bonds. The van der Waals surface area contributed by atoms with Gasteiger partial charge < -0.3 is 104 Å². The zero-order chi connectivity index (χ0) is 49.8. The number of carboxylic acids is 1. The predicted molar refractivity (Wildman–Crippen MR) is 224 cm³/mol. The fourth-order valence-electron chi connectivity index (χ4n) is 7.27. The Hall–Kier alpha value is -6.46. The van der Waals surface area contributed by atoms with E-state index in [2.05, 4.69) is 0 Å². The summed E-state index contributed by atoms with van der Waals surface area (Å²) in [5.74, 6) is -6.55. The van der Waals surface area contributed by atoms with E-state index in [1.807, 2.05) is 0 Å². The van der Waals surface area contributed by atoms with Crippen LogP contribution >= 0.6 is 0 Å². The lowest BCUT2D eigenvalue weighted by Crippen LogP contribution is -2.64. The summed E-state index contributed by atoms with van der Waals surface area (Å²) in [6, 6.07) is 12.4. The van der Waals surface area contributed by atoms with Crippen LogP contribution in [0.25, 0.3) is 28.4 Å². The van der Waals surface area contributed by atoms with Gasteiger partial charge in [-0.2, -0.15) is 0 Å². The van der Waals surface area contributed by atoms with Crippen LogP contribution in [0.2, 0.25) is 0 Å². The average molecular weight is 976 g/mol. The van der Waals surface area contributed by atoms with E-state index >= 15 is 0 Å². The predicted octanol–water partition coefficient (Wildman–Crippen LogP) is -1.69. The van der Waals surface area contributed by atoms with Crippen LogP contribution in [0.5, 0.6) is 34.5 Å². The number of carboxylic acid groups (broad SMARTS) is 1. The third-order valence-electron chi connectivity index (χ3n) is 11.0. The summed E-state index contributed by atoms with van der Waals surface area (Å²) in [5.41, 5.74) is 0.253. The topological polar surface area (TPSA) is 399 Å². The Kier molecular flexibility index (Phi) is 15.7. The molecule has 3 fully saturated rings. The Labute approximate surface area is 387 Å². The van der Waals surface area contributed by atoms with Gasteiger partial charge >= 0.3 is 29.3 Å². The highest BCUT2D eigenvalue weighted by molar-refractivity contribution is 5.90. The van der Waals surface area contributed by atoms with Gasteiger partial charge in [-0.3, -0.25) is 9.59 Å². The van der Waals surface area contributed by atoms with E-state index in [9.17, 15) is 75.7 Å². The molecule has 0 saturated carbocycles. The molecule has 0 spiro atoms. The first-order chi connectivity index (χ1) is 32.8. The number of hydrogen-bond donors (Lipinski definition) is 13. The zero-order valence-corrected chi connectivity index (χ0v) is 35.6. The SMILES string of the molecule is O=C(O)CC(=O)OCC1O[C@@H](Oc2cc(O)cc3[o+]c(-c4ccc(O)c(O)c4)c(O[C@@H]4OC(COC(=O)/C=C/c5ccc(O)cc5)[C@@H](O)C(O)[C@@H]4O[C@@H]4OC[C@@H](O)[C@@H](O)C4O)cc23)[C@@H](O)C(O)[C@@H]1O. The summed E-state index contributed by atoms with van der Waals surface area (Å²) >= 11 is 0. The van der Waals surface area contributed by atoms with Crippen LogP contribution in [0.1, 0.15) is 12.0 Å². The molecule has 69 heavy (non-hydrogen) atoms. The monoisotopic (exact) mass is 975 g/mol. The van der Waals surface area contributed by atoms with Gasteiger partial charge in [0.25, 0.3) is 0 Å². The molecule has 3 aromatic carbocycles. The molecule has 3 saturated heterocycles. The van der Waals surface area contributed by atoms with Crippen molar-refractivity contribution in [3.63, 3.8) is 0 Å². The number of ether oxygens (including phenoxy) is 8. The fraction of sp³-hybridized carbons (Fsp3) is 0.409. The van der Waals surface area contributed by atoms with E-state index in [-0.39, 0.29) is 28.0 Å². The Balaban J connectivity index is 1.25. The number of aromatic hydroxyl groups is 4. The minimum Gasteiger partial charge on any atom is -0.508 e. The van der Waals surface area contributed by atoms with Gasteiger partial charge in [0.15, 0.2) is 23.9 Å². The highest BCUT2D eigenvalue weighted by atomic mass is 16.8. The van der Waals surface area contributed by atoms with Crippen LogP contribution in [0.15, 0.2) is 71.2 Å². The van der Waals surface area contributed by atoms with E-state index in [0.717, 1.165) is 30.3 Å². The Morgan fingerprint density at radius 3 is 2.00 bits per heavy atom. The molecule has 0 bridgehead atoms. The first-order valence-corrected chi connectivity index (χ1v) is 20.8. The van der Waals surface area contributed by atoms with Gasteiger partial charge in [-0.15, -0.1) is 0 Å². The van der Waals surface area contributed by atoms with Gasteiger partial charge in [-0.1, -0.05) is 12.1 Å². The summed E-state index contributed by atoms with van der Waals surface area (Å²) in [4.78, 5) is 35.6. The van der Waals surface area contributed by atoms with E-state index in [1.54, 1.807) is 0 Å². The van der Waals surface area contributed by atoms with Crippen molar-refractivity contribution < 1.29 is 123 Å². The van der Waals surface area contributed by atoms with Gasteiger partial charge in [0.2, 0.25) is 18.3 Å². The average Bonchev–Trinajstić information content (AvgIpc) is 3.31. The van der Waals surface area contributed by atoms with E-state index < -0.39 is 159 Å². The molecule has 25 nitrogen and oxygen atoms in total. The third-order valence-corrected chi connectivity index (χ3v) is 11.0. The van der Waals surface area contributed by atoms with Crippen LogP contribution in [0.3, 0.4) is 0 Å². The second-order valence-corrected chi connectivity index (χ2v) is 15.9. The Morgan fingerprint density at radius 2 is 1.30 bits per heavy atom. The van der Waals surface area contributed by atoms with Gasteiger partial charge in [0, 0.05) is 24.3 Å². The highest BCUT2D eigenvalue weighted by Gasteiger charge is 2.51.